The van der Waals surface area contributed by atoms with Gasteiger partial charge in [0.2, 0.25) is 0 Å². The van der Waals surface area contributed by atoms with Crippen molar-refractivity contribution >= 4 is 55.3 Å². The lowest BCUT2D eigenvalue weighted by molar-refractivity contribution is 0.627. The summed E-state index contributed by atoms with van der Waals surface area (Å²) in [5.74, 6) is 1.14. The Bertz CT molecular complexity index is 1270. The predicted octanol–water partition coefficient (Wildman–Crippen LogP) is 7.08. The van der Waals surface area contributed by atoms with Crippen molar-refractivity contribution < 1.29 is 4.39 Å². The molecule has 7 heteroatoms. The SMILES string of the molecule is CSc1nc(SCc2ccc(F)cc2)c2sc3nc(CC(C)C)c4c(c3c2n1)CCC4. The maximum Gasteiger partial charge on any atom is 0.189 e. The van der Waals surface area contributed by atoms with Gasteiger partial charge in [-0.2, -0.15) is 0 Å². The molecule has 5 rings (SSSR count). The summed E-state index contributed by atoms with van der Waals surface area (Å²) < 4.78 is 14.4. The molecule has 0 saturated heterocycles. The lowest BCUT2D eigenvalue weighted by atomic mass is 9.99. The molecule has 0 aliphatic heterocycles. The summed E-state index contributed by atoms with van der Waals surface area (Å²) in [7, 11) is 0. The maximum absolute atomic E-state index is 13.3. The molecule has 0 saturated carbocycles. The van der Waals surface area contributed by atoms with Gasteiger partial charge in [-0.05, 0) is 66.7 Å². The Morgan fingerprint density at radius 2 is 1.84 bits per heavy atom. The highest BCUT2D eigenvalue weighted by Crippen LogP contribution is 2.43. The van der Waals surface area contributed by atoms with Crippen molar-refractivity contribution in [2.45, 2.75) is 55.5 Å². The highest BCUT2D eigenvalue weighted by Gasteiger charge is 2.25. The van der Waals surface area contributed by atoms with Crippen LogP contribution in [0.1, 0.15) is 42.7 Å². The molecule has 0 fully saturated rings. The quantitative estimate of drug-likeness (QED) is 0.171. The van der Waals surface area contributed by atoms with Crippen LogP contribution in [-0.2, 0) is 25.0 Å². The van der Waals surface area contributed by atoms with Crippen LogP contribution < -0.4 is 0 Å². The summed E-state index contributed by atoms with van der Waals surface area (Å²) in [5, 5.41) is 3.05. The molecule has 3 nitrogen and oxygen atoms in total. The van der Waals surface area contributed by atoms with E-state index in [0.29, 0.717) is 5.92 Å². The monoisotopic (exact) mass is 469 g/mol. The van der Waals surface area contributed by atoms with Crippen molar-refractivity contribution in [1.82, 2.24) is 15.0 Å². The van der Waals surface area contributed by atoms with Crippen LogP contribution in [0.2, 0.25) is 0 Å². The van der Waals surface area contributed by atoms with E-state index in [9.17, 15) is 4.39 Å². The van der Waals surface area contributed by atoms with Crippen LogP contribution in [0.25, 0.3) is 20.4 Å². The number of fused-ring (bicyclic) bond motifs is 5. The van der Waals surface area contributed by atoms with E-state index in [1.165, 1.54) is 40.8 Å². The zero-order valence-electron chi connectivity index (χ0n) is 17.9. The number of thioether (sulfide) groups is 2. The first-order chi connectivity index (χ1) is 15.0. The third-order valence-electron chi connectivity index (χ3n) is 5.64. The first kappa shape index (κ1) is 21.2. The Morgan fingerprint density at radius 3 is 2.58 bits per heavy atom. The molecule has 3 heterocycles. The second-order valence-electron chi connectivity index (χ2n) is 8.36. The minimum atomic E-state index is -0.204. The van der Waals surface area contributed by atoms with Gasteiger partial charge in [0, 0.05) is 16.8 Å². The van der Waals surface area contributed by atoms with Crippen molar-refractivity contribution in [3.05, 3.63) is 52.5 Å². The second kappa shape index (κ2) is 8.68. The number of pyridine rings is 1. The number of benzene rings is 1. The minimum absolute atomic E-state index is 0.204. The zero-order valence-corrected chi connectivity index (χ0v) is 20.3. The van der Waals surface area contributed by atoms with Crippen LogP contribution in [0.3, 0.4) is 0 Å². The number of thiophene rings is 1. The molecule has 1 aromatic carbocycles. The Morgan fingerprint density at radius 1 is 1.06 bits per heavy atom. The average Bonchev–Trinajstić information content (AvgIpc) is 3.37. The standard InChI is InChI=1S/C24H24FN3S3/c1-13(2)11-18-16-5-4-6-17(16)19-20-21(31-22(19)26-18)23(28-24(27-20)29-3)30-12-14-7-9-15(25)10-8-14/h7-10,13H,4-6,11-12H2,1-3H3. The van der Waals surface area contributed by atoms with Crippen LogP contribution in [0.15, 0.2) is 34.4 Å². The summed E-state index contributed by atoms with van der Waals surface area (Å²) >= 11 is 5.00. The van der Waals surface area contributed by atoms with Gasteiger partial charge in [0.05, 0.1) is 10.2 Å². The van der Waals surface area contributed by atoms with E-state index in [-0.39, 0.29) is 5.82 Å². The predicted molar refractivity (Wildman–Crippen MR) is 131 cm³/mol. The van der Waals surface area contributed by atoms with E-state index in [4.69, 9.17) is 15.0 Å². The van der Waals surface area contributed by atoms with Gasteiger partial charge in [-0.1, -0.05) is 37.7 Å². The Labute approximate surface area is 194 Å². The lowest BCUT2D eigenvalue weighted by Crippen LogP contribution is -2.03. The van der Waals surface area contributed by atoms with Crippen molar-refractivity contribution in [2.24, 2.45) is 5.92 Å². The van der Waals surface area contributed by atoms with Gasteiger partial charge in [-0.15, -0.1) is 23.1 Å². The summed E-state index contributed by atoms with van der Waals surface area (Å²) in [5.41, 5.74) is 6.35. The van der Waals surface area contributed by atoms with Gasteiger partial charge in [0.15, 0.2) is 5.16 Å². The Balaban J connectivity index is 1.64. The molecule has 0 unspecified atom stereocenters. The molecule has 0 spiro atoms. The molecule has 0 bridgehead atoms. The average molecular weight is 470 g/mol. The first-order valence-corrected chi connectivity index (χ1v) is 13.6. The summed E-state index contributed by atoms with van der Waals surface area (Å²) in [6.45, 7) is 4.52. The fourth-order valence-electron chi connectivity index (χ4n) is 4.28. The molecular weight excluding hydrogens is 445 g/mol. The van der Waals surface area contributed by atoms with Crippen LogP contribution in [-0.4, -0.2) is 21.2 Å². The Hall–Kier alpha value is -1.70. The largest absolute Gasteiger partial charge is 0.242 e. The number of hydrogen-bond acceptors (Lipinski definition) is 6. The zero-order chi connectivity index (χ0) is 21.5. The van der Waals surface area contributed by atoms with E-state index in [1.54, 1.807) is 34.9 Å². The van der Waals surface area contributed by atoms with Crippen molar-refractivity contribution in [1.29, 1.82) is 0 Å². The molecule has 4 aromatic rings. The molecule has 0 radical (unpaired) electrons. The topological polar surface area (TPSA) is 38.7 Å². The molecule has 0 N–H and O–H groups in total. The fraction of sp³-hybridized carbons (Fsp3) is 0.375. The summed E-state index contributed by atoms with van der Waals surface area (Å²) in [4.78, 5) is 16.0. The van der Waals surface area contributed by atoms with Gasteiger partial charge < -0.3 is 0 Å². The normalized spacial score (nSPS) is 13.6. The first-order valence-electron chi connectivity index (χ1n) is 10.6. The fourth-order valence-corrected chi connectivity index (χ4v) is 6.92. The number of halogens is 1. The number of aryl methyl sites for hydroxylation is 1. The summed E-state index contributed by atoms with van der Waals surface area (Å²) in [6.07, 6.45) is 6.49. The highest BCUT2D eigenvalue weighted by atomic mass is 32.2. The van der Waals surface area contributed by atoms with E-state index in [2.05, 4.69) is 13.8 Å². The smallest absolute Gasteiger partial charge is 0.189 e. The molecular formula is C24H24FN3S3. The molecule has 1 aliphatic rings. The van der Waals surface area contributed by atoms with Crippen molar-refractivity contribution in [2.75, 3.05) is 6.26 Å². The van der Waals surface area contributed by atoms with Crippen LogP contribution in [0.4, 0.5) is 4.39 Å². The second-order valence-corrected chi connectivity index (χ2v) is 11.1. The lowest BCUT2D eigenvalue weighted by Gasteiger charge is -2.11. The van der Waals surface area contributed by atoms with Crippen LogP contribution >= 0.6 is 34.9 Å². The third-order valence-corrected chi connectivity index (χ3v) is 8.44. The minimum Gasteiger partial charge on any atom is -0.242 e. The number of nitrogens with zero attached hydrogens (tertiary/aromatic N) is 3. The molecule has 0 amide bonds. The molecule has 31 heavy (non-hydrogen) atoms. The highest BCUT2D eigenvalue weighted by molar-refractivity contribution is 7.99. The van der Waals surface area contributed by atoms with E-state index in [0.717, 1.165) is 55.8 Å². The van der Waals surface area contributed by atoms with E-state index in [1.807, 2.05) is 18.4 Å². The van der Waals surface area contributed by atoms with Gasteiger partial charge in [0.1, 0.15) is 15.7 Å². The van der Waals surface area contributed by atoms with E-state index >= 15 is 0 Å². The molecule has 0 atom stereocenters. The molecule has 160 valence electrons. The number of rotatable bonds is 6. The number of hydrogen-bond donors (Lipinski definition) is 0. The number of aromatic nitrogens is 3. The molecule has 1 aliphatic carbocycles. The Kier molecular flexibility index (Phi) is 5.92. The van der Waals surface area contributed by atoms with Crippen LogP contribution in [0, 0.1) is 11.7 Å². The molecule has 3 aromatic heterocycles. The third kappa shape index (κ3) is 4.08. The van der Waals surface area contributed by atoms with Crippen molar-refractivity contribution in [3.8, 4) is 0 Å². The van der Waals surface area contributed by atoms with Gasteiger partial charge >= 0.3 is 0 Å². The van der Waals surface area contributed by atoms with Gasteiger partial charge in [-0.3, -0.25) is 0 Å². The van der Waals surface area contributed by atoms with Gasteiger partial charge in [0.25, 0.3) is 0 Å². The van der Waals surface area contributed by atoms with E-state index < -0.39 is 0 Å². The maximum atomic E-state index is 13.3. The van der Waals surface area contributed by atoms with Crippen LogP contribution in [0.5, 0.6) is 0 Å². The van der Waals surface area contributed by atoms with Gasteiger partial charge in [-0.25, -0.2) is 19.3 Å². The van der Waals surface area contributed by atoms with Crippen molar-refractivity contribution in [3.63, 3.8) is 0 Å². The summed E-state index contributed by atoms with van der Waals surface area (Å²) in [6, 6.07) is 6.71.